The summed E-state index contributed by atoms with van der Waals surface area (Å²) >= 11 is 0. The highest BCUT2D eigenvalue weighted by molar-refractivity contribution is 5.89. The van der Waals surface area contributed by atoms with Gasteiger partial charge in [0.2, 0.25) is 0 Å². The van der Waals surface area contributed by atoms with Gasteiger partial charge in [0.15, 0.2) is 5.82 Å². The lowest BCUT2D eigenvalue weighted by Crippen LogP contribution is -2.31. The molecular formula is C9H13N5O. The zero-order valence-electron chi connectivity index (χ0n) is 8.98. The average Bonchev–Trinajstić information content (AvgIpc) is 2.57. The number of nitrogens with zero attached hydrogens (tertiary/aromatic N) is 4. The third-order valence-corrected chi connectivity index (χ3v) is 2.00. The summed E-state index contributed by atoms with van der Waals surface area (Å²) < 4.78 is 1.49. The second-order valence-electron chi connectivity index (χ2n) is 3.12. The number of nitriles is 1. The fourth-order valence-electron chi connectivity index (χ4n) is 1.00. The van der Waals surface area contributed by atoms with Crippen LogP contribution in [0.15, 0.2) is 6.20 Å². The van der Waals surface area contributed by atoms with Gasteiger partial charge in [0.1, 0.15) is 11.6 Å². The van der Waals surface area contributed by atoms with E-state index in [1.807, 2.05) is 13.0 Å². The first-order chi connectivity index (χ1) is 7.08. The number of carbonyl (C=O) groups is 1. The SMILES string of the molecule is CCN(C)C(=O)Nc1nn(C)cc1C#N. The molecule has 0 unspecified atom stereocenters. The molecule has 1 aromatic heterocycles. The highest BCUT2D eigenvalue weighted by Gasteiger charge is 2.12. The van der Waals surface area contributed by atoms with Crippen molar-refractivity contribution < 1.29 is 4.79 Å². The van der Waals surface area contributed by atoms with E-state index in [0.717, 1.165) is 0 Å². The monoisotopic (exact) mass is 207 g/mol. The Balaban J connectivity index is 2.81. The summed E-state index contributed by atoms with van der Waals surface area (Å²) in [6.07, 6.45) is 1.56. The van der Waals surface area contributed by atoms with Crippen LogP contribution in [0.2, 0.25) is 0 Å². The number of aryl methyl sites for hydroxylation is 1. The van der Waals surface area contributed by atoms with Crippen molar-refractivity contribution >= 4 is 11.8 Å². The number of urea groups is 1. The summed E-state index contributed by atoms with van der Waals surface area (Å²) in [5, 5.41) is 15.3. The van der Waals surface area contributed by atoms with Gasteiger partial charge in [0.05, 0.1) is 0 Å². The fourth-order valence-corrected chi connectivity index (χ4v) is 1.00. The van der Waals surface area contributed by atoms with Crippen molar-refractivity contribution in [2.45, 2.75) is 6.92 Å². The van der Waals surface area contributed by atoms with E-state index in [1.165, 1.54) is 9.58 Å². The summed E-state index contributed by atoms with van der Waals surface area (Å²) in [5.41, 5.74) is 0.357. The molecule has 6 heteroatoms. The summed E-state index contributed by atoms with van der Waals surface area (Å²) in [7, 11) is 3.37. The van der Waals surface area contributed by atoms with Crippen LogP contribution >= 0.6 is 0 Å². The van der Waals surface area contributed by atoms with Crippen molar-refractivity contribution in [3.8, 4) is 6.07 Å². The van der Waals surface area contributed by atoms with Gasteiger partial charge >= 0.3 is 6.03 Å². The summed E-state index contributed by atoms with van der Waals surface area (Å²) in [4.78, 5) is 13.0. The largest absolute Gasteiger partial charge is 0.328 e. The van der Waals surface area contributed by atoms with Gasteiger partial charge in [-0.05, 0) is 6.92 Å². The number of hydrogen-bond acceptors (Lipinski definition) is 3. The van der Waals surface area contributed by atoms with Crippen molar-refractivity contribution in [2.75, 3.05) is 18.9 Å². The highest BCUT2D eigenvalue weighted by atomic mass is 16.2. The van der Waals surface area contributed by atoms with Crippen LogP contribution in [-0.4, -0.2) is 34.3 Å². The Labute approximate surface area is 88.1 Å². The van der Waals surface area contributed by atoms with Crippen LogP contribution in [0.3, 0.4) is 0 Å². The lowest BCUT2D eigenvalue weighted by Gasteiger charge is -2.14. The Kier molecular flexibility index (Phi) is 3.29. The second-order valence-corrected chi connectivity index (χ2v) is 3.12. The predicted molar refractivity (Wildman–Crippen MR) is 55.2 cm³/mol. The highest BCUT2D eigenvalue weighted by Crippen LogP contribution is 2.10. The molecule has 0 aliphatic rings. The van der Waals surface area contributed by atoms with Crippen molar-refractivity contribution in [3.05, 3.63) is 11.8 Å². The average molecular weight is 207 g/mol. The van der Waals surface area contributed by atoms with Gasteiger partial charge in [0, 0.05) is 26.8 Å². The van der Waals surface area contributed by atoms with E-state index in [9.17, 15) is 4.79 Å². The molecule has 2 amide bonds. The van der Waals surface area contributed by atoms with E-state index in [0.29, 0.717) is 17.9 Å². The van der Waals surface area contributed by atoms with E-state index < -0.39 is 0 Å². The van der Waals surface area contributed by atoms with E-state index >= 15 is 0 Å². The van der Waals surface area contributed by atoms with Gasteiger partial charge < -0.3 is 4.90 Å². The third kappa shape index (κ3) is 2.47. The molecule has 15 heavy (non-hydrogen) atoms. The molecule has 1 N–H and O–H groups in total. The normalized spacial score (nSPS) is 9.47. The van der Waals surface area contributed by atoms with E-state index in [2.05, 4.69) is 10.4 Å². The molecule has 0 aliphatic carbocycles. The molecule has 1 aromatic rings. The zero-order chi connectivity index (χ0) is 11.4. The molecule has 0 fully saturated rings. The molecule has 0 spiro atoms. The molecule has 0 saturated carbocycles. The van der Waals surface area contributed by atoms with Gasteiger partial charge in [-0.15, -0.1) is 0 Å². The quantitative estimate of drug-likeness (QED) is 0.778. The number of hydrogen-bond donors (Lipinski definition) is 1. The molecule has 80 valence electrons. The first-order valence-corrected chi connectivity index (χ1v) is 4.54. The number of aromatic nitrogens is 2. The van der Waals surface area contributed by atoms with Crippen molar-refractivity contribution in [1.82, 2.24) is 14.7 Å². The molecule has 1 heterocycles. The number of anilines is 1. The van der Waals surface area contributed by atoms with Crippen LogP contribution in [0.4, 0.5) is 10.6 Å². The predicted octanol–water partition coefficient (Wildman–Crippen LogP) is 0.775. The maximum Gasteiger partial charge on any atom is 0.322 e. The van der Waals surface area contributed by atoms with Crippen LogP contribution in [0.25, 0.3) is 0 Å². The zero-order valence-corrected chi connectivity index (χ0v) is 8.98. The standard InChI is InChI=1S/C9H13N5O/c1-4-13(2)9(15)11-8-7(5-10)6-14(3)12-8/h6H,4H2,1-3H3,(H,11,12,15). The number of nitrogens with one attached hydrogen (secondary N) is 1. The minimum absolute atomic E-state index is 0.271. The van der Waals surface area contributed by atoms with Crippen LogP contribution in [0, 0.1) is 11.3 Å². The Morgan fingerprint density at radius 3 is 3.00 bits per heavy atom. The summed E-state index contributed by atoms with van der Waals surface area (Å²) in [6, 6.07) is 1.69. The van der Waals surface area contributed by atoms with Gasteiger partial charge in [-0.2, -0.15) is 10.4 Å². The number of carbonyl (C=O) groups excluding carboxylic acids is 1. The maximum absolute atomic E-state index is 11.5. The van der Waals surface area contributed by atoms with Crippen molar-refractivity contribution in [2.24, 2.45) is 7.05 Å². The molecule has 0 bridgehead atoms. The van der Waals surface area contributed by atoms with E-state index in [1.54, 1.807) is 20.3 Å². The van der Waals surface area contributed by atoms with Crippen LogP contribution in [-0.2, 0) is 7.05 Å². The first kappa shape index (κ1) is 11.0. The molecule has 0 atom stereocenters. The molecule has 1 rings (SSSR count). The summed E-state index contributed by atoms with van der Waals surface area (Å²) in [6.45, 7) is 2.46. The van der Waals surface area contributed by atoms with E-state index in [-0.39, 0.29) is 6.03 Å². The van der Waals surface area contributed by atoms with Crippen molar-refractivity contribution in [3.63, 3.8) is 0 Å². The Hall–Kier alpha value is -2.03. The smallest absolute Gasteiger partial charge is 0.322 e. The topological polar surface area (TPSA) is 74.0 Å². The maximum atomic E-state index is 11.5. The van der Waals surface area contributed by atoms with Crippen LogP contribution in [0.5, 0.6) is 0 Å². The van der Waals surface area contributed by atoms with Crippen LogP contribution in [0.1, 0.15) is 12.5 Å². The molecule has 6 nitrogen and oxygen atoms in total. The Morgan fingerprint density at radius 1 is 1.80 bits per heavy atom. The number of amides is 2. The Morgan fingerprint density at radius 2 is 2.47 bits per heavy atom. The lowest BCUT2D eigenvalue weighted by atomic mass is 10.3. The molecular weight excluding hydrogens is 194 g/mol. The fraction of sp³-hybridized carbons (Fsp3) is 0.444. The van der Waals surface area contributed by atoms with E-state index in [4.69, 9.17) is 5.26 Å². The Bertz CT molecular complexity index is 403. The van der Waals surface area contributed by atoms with Gasteiger partial charge in [-0.25, -0.2) is 4.79 Å². The van der Waals surface area contributed by atoms with Gasteiger partial charge in [-0.3, -0.25) is 10.00 Å². The van der Waals surface area contributed by atoms with Crippen LogP contribution < -0.4 is 5.32 Å². The molecule has 0 aromatic carbocycles. The minimum Gasteiger partial charge on any atom is -0.328 e. The number of rotatable bonds is 2. The third-order valence-electron chi connectivity index (χ3n) is 2.00. The molecule has 0 saturated heterocycles. The first-order valence-electron chi connectivity index (χ1n) is 4.54. The summed E-state index contributed by atoms with van der Waals surface area (Å²) in [5.74, 6) is 0.297. The lowest BCUT2D eigenvalue weighted by molar-refractivity contribution is 0.224. The minimum atomic E-state index is -0.271. The van der Waals surface area contributed by atoms with Gasteiger partial charge in [-0.1, -0.05) is 0 Å². The molecule has 0 aliphatic heterocycles. The van der Waals surface area contributed by atoms with Gasteiger partial charge in [0.25, 0.3) is 0 Å². The van der Waals surface area contributed by atoms with Crippen molar-refractivity contribution in [1.29, 1.82) is 5.26 Å². The second kappa shape index (κ2) is 4.46. The molecule has 0 radical (unpaired) electrons.